The summed E-state index contributed by atoms with van der Waals surface area (Å²) in [6.07, 6.45) is 3.63. The third-order valence-electron chi connectivity index (χ3n) is 5.37. The number of fused-ring (bicyclic) bond motifs is 1. The van der Waals surface area contributed by atoms with E-state index in [2.05, 4.69) is 17.3 Å². The summed E-state index contributed by atoms with van der Waals surface area (Å²) in [5, 5.41) is 4.38. The van der Waals surface area contributed by atoms with Gasteiger partial charge in [0.1, 0.15) is 5.75 Å². The maximum atomic E-state index is 13.3. The van der Waals surface area contributed by atoms with E-state index in [9.17, 15) is 8.42 Å². The third kappa shape index (κ3) is 4.22. The van der Waals surface area contributed by atoms with Crippen LogP contribution in [0, 0.1) is 0 Å². The highest BCUT2D eigenvalue weighted by molar-refractivity contribution is 7.90. The lowest BCUT2D eigenvalue weighted by Crippen LogP contribution is -2.36. The van der Waals surface area contributed by atoms with Crippen LogP contribution >= 0.6 is 12.4 Å². The molecule has 1 aliphatic heterocycles. The number of likely N-dealkylation sites (tertiary alicyclic amines) is 1. The normalized spacial score (nSPS) is 15.8. The number of hydrogen-bond donors (Lipinski definition) is 1. The van der Waals surface area contributed by atoms with Crippen molar-refractivity contribution < 1.29 is 13.2 Å². The molecule has 0 aliphatic carbocycles. The topological polar surface area (TPSA) is 63.6 Å². The number of rotatable bonds is 5. The number of nitrogens with zero attached hydrogens (tertiary/aromatic N) is 2. The van der Waals surface area contributed by atoms with Gasteiger partial charge < -0.3 is 15.0 Å². The van der Waals surface area contributed by atoms with E-state index in [1.54, 1.807) is 31.5 Å². The maximum absolute atomic E-state index is 13.3. The van der Waals surface area contributed by atoms with Gasteiger partial charge in [0.2, 0.25) is 0 Å². The first-order valence-corrected chi connectivity index (χ1v) is 10.9. The number of halogens is 1. The Balaban J connectivity index is 0.00000240. The van der Waals surface area contributed by atoms with Crippen LogP contribution in [0.15, 0.2) is 59.6 Å². The molecule has 0 atom stereocenters. The molecule has 1 aromatic heterocycles. The molecule has 0 saturated carbocycles. The number of ether oxygens (including phenoxy) is 1. The Morgan fingerprint density at radius 1 is 1.07 bits per heavy atom. The Bertz CT molecular complexity index is 1090. The summed E-state index contributed by atoms with van der Waals surface area (Å²) < 4.78 is 33.4. The predicted octanol–water partition coefficient (Wildman–Crippen LogP) is 3.81. The zero-order valence-corrected chi connectivity index (χ0v) is 18.2. The maximum Gasteiger partial charge on any atom is 0.268 e. The van der Waals surface area contributed by atoms with Crippen LogP contribution in [0.25, 0.3) is 10.9 Å². The Hall–Kier alpha value is -2.22. The summed E-state index contributed by atoms with van der Waals surface area (Å²) in [4.78, 5) is 2.54. The van der Waals surface area contributed by atoms with Gasteiger partial charge in [-0.3, -0.25) is 0 Å². The number of aromatic nitrogens is 1. The molecule has 3 aromatic rings. The SMILES string of the molecule is COc1ccc(S(=O)(=O)n2ccc3ccccc32)cc1NC1CCN(C)CC1.Cl. The van der Waals surface area contributed by atoms with Crippen molar-refractivity contribution in [1.82, 2.24) is 8.87 Å². The van der Waals surface area contributed by atoms with Crippen LogP contribution in [0.2, 0.25) is 0 Å². The van der Waals surface area contributed by atoms with E-state index in [0.29, 0.717) is 17.3 Å². The molecule has 29 heavy (non-hydrogen) atoms. The minimum atomic E-state index is -3.71. The van der Waals surface area contributed by atoms with Crippen LogP contribution in [0.5, 0.6) is 5.75 Å². The summed E-state index contributed by atoms with van der Waals surface area (Å²) in [5.41, 5.74) is 1.39. The van der Waals surface area contributed by atoms with Crippen molar-refractivity contribution in [1.29, 1.82) is 0 Å². The molecule has 0 spiro atoms. The van der Waals surface area contributed by atoms with E-state index in [0.717, 1.165) is 37.0 Å². The smallest absolute Gasteiger partial charge is 0.268 e. The molecule has 4 rings (SSSR count). The summed E-state index contributed by atoms with van der Waals surface area (Å²) in [7, 11) is 0.0100. The monoisotopic (exact) mass is 435 g/mol. The van der Waals surface area contributed by atoms with Gasteiger partial charge in [0, 0.05) is 17.6 Å². The zero-order chi connectivity index (χ0) is 19.7. The fraction of sp³-hybridized carbons (Fsp3) is 0.333. The van der Waals surface area contributed by atoms with Crippen LogP contribution in [0.3, 0.4) is 0 Å². The Labute approximate surface area is 177 Å². The molecule has 2 heterocycles. The van der Waals surface area contributed by atoms with E-state index < -0.39 is 10.0 Å². The second kappa shape index (κ2) is 8.65. The van der Waals surface area contributed by atoms with Crippen LogP contribution in [-0.4, -0.2) is 50.6 Å². The highest BCUT2D eigenvalue weighted by atomic mass is 35.5. The number of hydrogen-bond acceptors (Lipinski definition) is 5. The molecule has 1 fully saturated rings. The van der Waals surface area contributed by atoms with Crippen molar-refractivity contribution in [3.63, 3.8) is 0 Å². The molecule has 0 radical (unpaired) electrons. The van der Waals surface area contributed by atoms with Crippen LogP contribution in [0.1, 0.15) is 12.8 Å². The predicted molar refractivity (Wildman–Crippen MR) is 119 cm³/mol. The molecule has 6 nitrogen and oxygen atoms in total. The van der Waals surface area contributed by atoms with E-state index in [1.165, 1.54) is 3.97 Å². The van der Waals surface area contributed by atoms with Crippen LogP contribution in [0.4, 0.5) is 5.69 Å². The second-order valence-corrected chi connectivity index (χ2v) is 9.07. The lowest BCUT2D eigenvalue weighted by Gasteiger charge is -2.30. The first kappa shape index (κ1) is 21.5. The average Bonchev–Trinajstić information content (AvgIpc) is 3.14. The summed E-state index contributed by atoms with van der Waals surface area (Å²) in [6.45, 7) is 2.04. The Kier molecular flexibility index (Phi) is 6.41. The fourth-order valence-electron chi connectivity index (χ4n) is 3.71. The van der Waals surface area contributed by atoms with Gasteiger partial charge in [0.05, 0.1) is 23.2 Å². The Morgan fingerprint density at radius 3 is 2.52 bits per heavy atom. The van der Waals surface area contributed by atoms with Crippen molar-refractivity contribution in [2.75, 3.05) is 32.6 Å². The van der Waals surface area contributed by atoms with Gasteiger partial charge in [-0.1, -0.05) is 18.2 Å². The number of para-hydroxylation sites is 1. The van der Waals surface area contributed by atoms with Gasteiger partial charge >= 0.3 is 0 Å². The molecule has 1 saturated heterocycles. The Morgan fingerprint density at radius 2 is 1.79 bits per heavy atom. The molecular formula is C21H26ClN3O3S. The van der Waals surface area contributed by atoms with Gasteiger partial charge in [0.25, 0.3) is 10.0 Å². The zero-order valence-electron chi connectivity index (χ0n) is 16.5. The number of benzene rings is 2. The minimum Gasteiger partial charge on any atom is -0.495 e. The second-order valence-electron chi connectivity index (χ2n) is 7.26. The molecule has 2 aromatic carbocycles. The van der Waals surface area contributed by atoms with Crippen molar-refractivity contribution in [3.05, 3.63) is 54.7 Å². The third-order valence-corrected chi connectivity index (χ3v) is 7.06. The standard InChI is InChI=1S/C21H25N3O3S.ClH/c1-23-12-10-17(11-13-23)22-19-15-18(7-8-21(19)27-2)28(25,26)24-14-9-16-5-3-4-6-20(16)24;/h3-9,14-15,17,22H,10-13H2,1-2H3;1H. The van der Waals surface area contributed by atoms with Gasteiger partial charge in [-0.05, 0) is 63.3 Å². The highest BCUT2D eigenvalue weighted by Gasteiger charge is 2.22. The minimum absolute atomic E-state index is 0. The lowest BCUT2D eigenvalue weighted by atomic mass is 10.1. The fourth-order valence-corrected chi connectivity index (χ4v) is 5.09. The number of piperidine rings is 1. The molecule has 0 bridgehead atoms. The summed E-state index contributed by atoms with van der Waals surface area (Å²) in [5.74, 6) is 0.648. The van der Waals surface area contributed by atoms with E-state index in [-0.39, 0.29) is 17.3 Å². The summed E-state index contributed by atoms with van der Waals surface area (Å²) >= 11 is 0. The van der Waals surface area contributed by atoms with Gasteiger partial charge in [-0.25, -0.2) is 12.4 Å². The van der Waals surface area contributed by atoms with Crippen LogP contribution < -0.4 is 10.1 Å². The number of nitrogens with one attached hydrogen (secondary N) is 1. The van der Waals surface area contributed by atoms with E-state index in [1.807, 2.05) is 30.3 Å². The molecule has 8 heteroatoms. The first-order chi connectivity index (χ1) is 13.5. The van der Waals surface area contributed by atoms with Gasteiger partial charge in [0.15, 0.2) is 0 Å². The molecule has 0 amide bonds. The van der Waals surface area contributed by atoms with Gasteiger partial charge in [-0.2, -0.15) is 0 Å². The first-order valence-electron chi connectivity index (χ1n) is 9.44. The molecule has 156 valence electrons. The number of anilines is 1. The van der Waals surface area contributed by atoms with Crippen molar-refractivity contribution in [2.45, 2.75) is 23.8 Å². The van der Waals surface area contributed by atoms with Crippen molar-refractivity contribution in [3.8, 4) is 5.75 Å². The molecular weight excluding hydrogens is 410 g/mol. The summed E-state index contributed by atoms with van der Waals surface area (Å²) in [6, 6.07) is 14.6. The van der Waals surface area contributed by atoms with E-state index in [4.69, 9.17) is 4.74 Å². The van der Waals surface area contributed by atoms with Crippen molar-refractivity contribution >= 4 is 39.0 Å². The molecule has 1 N–H and O–H groups in total. The van der Waals surface area contributed by atoms with E-state index >= 15 is 0 Å². The average molecular weight is 436 g/mol. The van der Waals surface area contributed by atoms with Gasteiger partial charge in [-0.15, -0.1) is 12.4 Å². The largest absolute Gasteiger partial charge is 0.495 e. The van der Waals surface area contributed by atoms with Crippen LogP contribution in [-0.2, 0) is 10.0 Å². The highest BCUT2D eigenvalue weighted by Crippen LogP contribution is 2.31. The lowest BCUT2D eigenvalue weighted by molar-refractivity contribution is 0.263. The molecule has 0 unspecified atom stereocenters. The van der Waals surface area contributed by atoms with Crippen molar-refractivity contribution in [2.24, 2.45) is 0 Å². The molecule has 1 aliphatic rings. The number of methoxy groups -OCH3 is 1. The quantitative estimate of drug-likeness (QED) is 0.660.